The maximum atomic E-state index is 12.4. The maximum absolute atomic E-state index is 12.4. The number of carbonyl (C=O) groups excluding carboxylic acids is 2. The Morgan fingerprint density at radius 3 is 2.60 bits per heavy atom. The van der Waals surface area contributed by atoms with Crippen molar-refractivity contribution in [2.45, 2.75) is 6.92 Å². The zero-order valence-electron chi connectivity index (χ0n) is 19.0. The molecule has 0 fully saturated rings. The second-order valence-corrected chi connectivity index (χ2v) is 7.38. The van der Waals surface area contributed by atoms with Crippen LogP contribution in [0.1, 0.15) is 38.9 Å². The van der Waals surface area contributed by atoms with Crippen molar-refractivity contribution in [2.24, 2.45) is 5.10 Å². The molecule has 0 unspecified atom stereocenters. The van der Waals surface area contributed by atoms with Gasteiger partial charge in [0.25, 0.3) is 5.91 Å². The van der Waals surface area contributed by atoms with E-state index in [0.29, 0.717) is 34.0 Å². The van der Waals surface area contributed by atoms with E-state index in [1.807, 2.05) is 37.3 Å². The highest BCUT2D eigenvalue weighted by molar-refractivity contribution is 6.09. The zero-order chi connectivity index (χ0) is 24.6. The summed E-state index contributed by atoms with van der Waals surface area (Å²) in [5.74, 6) is 6.24. The summed E-state index contributed by atoms with van der Waals surface area (Å²) in [7, 11) is 0. The number of nitrogens with zero attached hydrogens (tertiary/aromatic N) is 4. The van der Waals surface area contributed by atoms with Crippen LogP contribution >= 0.6 is 0 Å². The highest BCUT2D eigenvalue weighted by Gasteiger charge is 2.15. The van der Waals surface area contributed by atoms with Crippen LogP contribution in [-0.4, -0.2) is 32.9 Å². The average molecular weight is 460 g/mol. The molecule has 0 bridgehead atoms. The van der Waals surface area contributed by atoms with Gasteiger partial charge in [0.1, 0.15) is 23.5 Å². The summed E-state index contributed by atoms with van der Waals surface area (Å²) in [4.78, 5) is 31.5. The van der Waals surface area contributed by atoms with Gasteiger partial charge in [-0.15, -0.1) is 0 Å². The summed E-state index contributed by atoms with van der Waals surface area (Å²) in [6, 6.07) is 15.7. The largest absolute Gasteiger partial charge is 0.305 e. The summed E-state index contributed by atoms with van der Waals surface area (Å²) in [6.45, 7) is 5.93. The molecule has 1 aromatic carbocycles. The van der Waals surface area contributed by atoms with Crippen LogP contribution in [0.4, 0.5) is 5.82 Å². The van der Waals surface area contributed by atoms with Gasteiger partial charge in [0.05, 0.1) is 11.4 Å². The van der Waals surface area contributed by atoms with E-state index in [2.05, 4.69) is 33.7 Å². The first-order valence-corrected chi connectivity index (χ1v) is 10.8. The van der Waals surface area contributed by atoms with Gasteiger partial charge < -0.3 is 5.32 Å². The predicted molar refractivity (Wildman–Crippen MR) is 136 cm³/mol. The quantitative estimate of drug-likeness (QED) is 0.446. The van der Waals surface area contributed by atoms with Crippen molar-refractivity contribution in [3.63, 3.8) is 0 Å². The first kappa shape index (κ1) is 23.1. The first-order valence-electron chi connectivity index (χ1n) is 10.8. The normalized spacial score (nSPS) is 12.9. The Morgan fingerprint density at radius 2 is 1.89 bits per heavy atom. The number of anilines is 1. The van der Waals surface area contributed by atoms with Crippen molar-refractivity contribution >= 4 is 23.7 Å². The van der Waals surface area contributed by atoms with Crippen LogP contribution in [0.25, 0.3) is 0 Å². The van der Waals surface area contributed by atoms with Gasteiger partial charge in [0.2, 0.25) is 0 Å². The third kappa shape index (κ3) is 5.64. The zero-order valence-corrected chi connectivity index (χ0v) is 19.0. The smallest absolute Gasteiger partial charge is 0.275 e. The van der Waals surface area contributed by atoms with Gasteiger partial charge in [-0.3, -0.25) is 14.6 Å². The minimum atomic E-state index is -0.350. The first-order chi connectivity index (χ1) is 17.1. The van der Waals surface area contributed by atoms with Gasteiger partial charge in [-0.05, 0) is 49.3 Å². The lowest BCUT2D eigenvalue weighted by atomic mass is 10.1. The third-order valence-electron chi connectivity index (χ3n) is 4.99. The lowest BCUT2D eigenvalue weighted by molar-refractivity contribution is 0.102. The van der Waals surface area contributed by atoms with Gasteiger partial charge in [-0.2, -0.15) is 5.10 Å². The van der Waals surface area contributed by atoms with Crippen LogP contribution in [0, 0.1) is 11.8 Å². The van der Waals surface area contributed by atoms with E-state index >= 15 is 0 Å². The van der Waals surface area contributed by atoms with Crippen LogP contribution in [-0.2, 0) is 0 Å². The number of pyridine rings is 2. The molecule has 35 heavy (non-hydrogen) atoms. The van der Waals surface area contributed by atoms with Crippen LogP contribution < -0.4 is 5.32 Å². The van der Waals surface area contributed by atoms with Crippen molar-refractivity contribution in [1.29, 1.82) is 0 Å². The van der Waals surface area contributed by atoms with Crippen LogP contribution in [0.2, 0.25) is 0 Å². The maximum Gasteiger partial charge on any atom is 0.275 e. The van der Waals surface area contributed by atoms with Gasteiger partial charge >= 0.3 is 0 Å². The van der Waals surface area contributed by atoms with E-state index in [1.165, 1.54) is 0 Å². The minimum Gasteiger partial charge on any atom is -0.305 e. The minimum absolute atomic E-state index is 0.299. The Bertz CT molecular complexity index is 1430. The van der Waals surface area contributed by atoms with E-state index in [1.54, 1.807) is 59.9 Å². The van der Waals surface area contributed by atoms with Gasteiger partial charge in [0, 0.05) is 29.1 Å². The third-order valence-corrected chi connectivity index (χ3v) is 4.99. The molecule has 0 saturated heterocycles. The predicted octanol–water partition coefficient (Wildman–Crippen LogP) is 4.59. The fourth-order valence-corrected chi connectivity index (χ4v) is 3.18. The molecule has 170 valence electrons. The topological polar surface area (TPSA) is 87.5 Å². The molecule has 1 amide bonds. The average Bonchev–Trinajstić information content (AvgIpc) is 2.90. The molecule has 0 atom stereocenters. The molecule has 7 heteroatoms. The Kier molecular flexibility index (Phi) is 7.05. The van der Waals surface area contributed by atoms with Crippen molar-refractivity contribution in [2.75, 3.05) is 5.32 Å². The SMILES string of the molecule is C=C1C=CC(c2ccc(C=O)cc2)=NN1/C(C#Cc1ccnc(NC(=O)c2ccccn2)c1)=C\C. The number of aromatic nitrogens is 2. The number of hydrazone groups is 1. The lowest BCUT2D eigenvalue weighted by Crippen LogP contribution is -2.20. The molecule has 1 aliphatic rings. The summed E-state index contributed by atoms with van der Waals surface area (Å²) in [5.41, 5.74) is 4.46. The Balaban J connectivity index is 1.54. The highest BCUT2D eigenvalue weighted by Crippen LogP contribution is 2.20. The summed E-state index contributed by atoms with van der Waals surface area (Å²) >= 11 is 0. The number of aldehydes is 1. The number of rotatable bonds is 5. The molecule has 0 aliphatic carbocycles. The molecule has 7 nitrogen and oxygen atoms in total. The Morgan fingerprint density at radius 1 is 1.06 bits per heavy atom. The van der Waals surface area contributed by atoms with E-state index in [0.717, 1.165) is 17.6 Å². The summed E-state index contributed by atoms with van der Waals surface area (Å²) < 4.78 is 0. The van der Waals surface area contributed by atoms with Gasteiger partial charge in [0.15, 0.2) is 0 Å². The second kappa shape index (κ2) is 10.7. The summed E-state index contributed by atoms with van der Waals surface area (Å²) in [5, 5.41) is 9.09. The molecule has 0 saturated carbocycles. The fraction of sp³-hybridized carbons (Fsp3) is 0.0357. The standard InChI is InChI=1S/C28H21N5O2/c1-3-24(33-20(2)7-14-25(32-33)23-11-8-22(19-34)9-12-23)13-10-21-15-17-30-27(18-21)31-28(35)26-6-4-5-16-29-26/h3-9,11-12,14-19H,2H2,1H3,(H,30,31,35)/b24-3-. The van der Waals surface area contributed by atoms with E-state index in [-0.39, 0.29) is 5.91 Å². The van der Waals surface area contributed by atoms with Gasteiger partial charge in [-0.25, -0.2) is 9.99 Å². The monoisotopic (exact) mass is 459 g/mol. The molecule has 0 spiro atoms. The van der Waals surface area contributed by atoms with E-state index in [9.17, 15) is 9.59 Å². The lowest BCUT2D eigenvalue weighted by Gasteiger charge is -2.23. The molecule has 2 aromatic heterocycles. The molecule has 1 aliphatic heterocycles. The number of carbonyl (C=O) groups is 2. The van der Waals surface area contributed by atoms with Crippen molar-refractivity contribution in [3.8, 4) is 11.8 Å². The van der Waals surface area contributed by atoms with Crippen LogP contribution in [0.15, 0.2) is 108 Å². The van der Waals surface area contributed by atoms with E-state index in [4.69, 9.17) is 5.10 Å². The van der Waals surface area contributed by atoms with Crippen LogP contribution in [0.3, 0.4) is 0 Å². The molecular weight excluding hydrogens is 438 g/mol. The molecular formula is C28H21N5O2. The molecule has 3 aromatic rings. The number of allylic oxidation sites excluding steroid dienone is 4. The van der Waals surface area contributed by atoms with Crippen molar-refractivity contribution in [3.05, 3.63) is 126 Å². The van der Waals surface area contributed by atoms with Crippen molar-refractivity contribution in [1.82, 2.24) is 15.0 Å². The number of hydrogen-bond acceptors (Lipinski definition) is 6. The number of nitrogens with one attached hydrogen (secondary N) is 1. The summed E-state index contributed by atoms with van der Waals surface area (Å²) in [6.07, 6.45) is 9.51. The van der Waals surface area contributed by atoms with Crippen molar-refractivity contribution < 1.29 is 9.59 Å². The van der Waals surface area contributed by atoms with Crippen LogP contribution in [0.5, 0.6) is 0 Å². The number of benzene rings is 1. The fourth-order valence-electron chi connectivity index (χ4n) is 3.18. The second-order valence-electron chi connectivity index (χ2n) is 7.38. The van der Waals surface area contributed by atoms with Gasteiger partial charge in [-0.1, -0.05) is 48.9 Å². The molecule has 3 heterocycles. The number of hydrogen-bond donors (Lipinski definition) is 1. The molecule has 4 rings (SSSR count). The van der Waals surface area contributed by atoms with E-state index < -0.39 is 0 Å². The highest BCUT2D eigenvalue weighted by atomic mass is 16.2. The molecule has 1 N–H and O–H groups in total. The molecule has 0 radical (unpaired) electrons. The Hall–Kier alpha value is -5.09. The number of amides is 1. The Labute approximate surface area is 203 Å².